The van der Waals surface area contributed by atoms with Crippen molar-refractivity contribution in [1.29, 1.82) is 0 Å². The van der Waals surface area contributed by atoms with E-state index in [1.807, 2.05) is 60.7 Å². The molecular weight excluding hydrogens is 440 g/mol. The predicted octanol–water partition coefficient (Wildman–Crippen LogP) is 5.40. The van der Waals surface area contributed by atoms with Crippen molar-refractivity contribution in [1.82, 2.24) is 9.47 Å². The van der Waals surface area contributed by atoms with Crippen molar-refractivity contribution in [3.63, 3.8) is 0 Å². The number of amides is 1. The van der Waals surface area contributed by atoms with Gasteiger partial charge in [0.1, 0.15) is 5.60 Å². The van der Waals surface area contributed by atoms with E-state index in [0.29, 0.717) is 19.4 Å². The molecule has 0 radical (unpaired) electrons. The highest BCUT2D eigenvalue weighted by molar-refractivity contribution is 5.70. The molecule has 1 N–H and O–H groups in total. The number of carbonyl (C=O) groups excluding carboxylic acids is 1. The van der Waals surface area contributed by atoms with Crippen LogP contribution in [0.15, 0.2) is 77.7 Å². The van der Waals surface area contributed by atoms with Crippen LogP contribution in [-0.4, -0.2) is 32.8 Å². The number of aryl methyl sites for hydroxylation is 1. The van der Waals surface area contributed by atoms with E-state index in [1.165, 1.54) is 0 Å². The summed E-state index contributed by atoms with van der Waals surface area (Å²) in [5.41, 5.74) is 1.83. The third kappa shape index (κ3) is 5.33. The Kier molecular flexibility index (Phi) is 6.86. The predicted molar refractivity (Wildman–Crippen MR) is 137 cm³/mol. The van der Waals surface area contributed by atoms with Gasteiger partial charge in [0.05, 0.1) is 11.6 Å². The van der Waals surface area contributed by atoms with Crippen molar-refractivity contribution < 1.29 is 14.6 Å². The fourth-order valence-electron chi connectivity index (χ4n) is 5.08. The standard InChI is InChI=1S/C29H34N2O4/c1-5-25(22-13-11-21(12-14-22)23-15-17-30(4)26(32)19-23)31-18-16-29(35-27(31)33,20-28(2,3)34)24-9-7-6-8-10-24/h6-15,17,19,25,34H,5,16,18,20H2,1-4H3/t25-,29?/m0/s1. The average Bonchev–Trinajstić information content (AvgIpc) is 2.83. The van der Waals surface area contributed by atoms with E-state index in [1.54, 1.807) is 42.6 Å². The van der Waals surface area contributed by atoms with Crippen LogP contribution in [0, 0.1) is 0 Å². The average molecular weight is 475 g/mol. The number of nitrogens with zero attached hydrogens (tertiary/aromatic N) is 2. The SMILES string of the molecule is CC[C@@H](c1ccc(-c2ccn(C)c(=O)c2)cc1)N1CCC(CC(C)(C)O)(c2ccccc2)OC1=O. The van der Waals surface area contributed by atoms with Crippen LogP contribution in [-0.2, 0) is 17.4 Å². The zero-order chi connectivity index (χ0) is 25.2. The number of ether oxygens (including phenoxy) is 1. The minimum atomic E-state index is -0.989. The van der Waals surface area contributed by atoms with Crippen LogP contribution >= 0.6 is 0 Å². The summed E-state index contributed by atoms with van der Waals surface area (Å²) in [4.78, 5) is 27.2. The minimum Gasteiger partial charge on any atom is -0.438 e. The molecule has 1 aliphatic heterocycles. The van der Waals surface area contributed by atoms with Gasteiger partial charge >= 0.3 is 6.09 Å². The fraction of sp³-hybridized carbons (Fsp3) is 0.379. The molecule has 35 heavy (non-hydrogen) atoms. The second-order valence-corrected chi connectivity index (χ2v) is 10.1. The Bertz CT molecular complexity index is 1230. The highest BCUT2D eigenvalue weighted by Gasteiger charge is 2.46. The molecule has 0 saturated carbocycles. The smallest absolute Gasteiger partial charge is 0.411 e. The Labute approximate surface area is 206 Å². The summed E-state index contributed by atoms with van der Waals surface area (Å²) in [6, 6.07) is 21.1. The first-order valence-corrected chi connectivity index (χ1v) is 12.2. The molecule has 2 atom stereocenters. The first-order chi connectivity index (χ1) is 16.6. The molecule has 1 saturated heterocycles. The van der Waals surface area contributed by atoms with E-state index in [-0.39, 0.29) is 17.7 Å². The molecule has 1 aromatic heterocycles. The molecule has 3 aromatic rings. The zero-order valence-corrected chi connectivity index (χ0v) is 20.9. The van der Waals surface area contributed by atoms with Gasteiger partial charge in [-0.3, -0.25) is 4.79 Å². The number of aromatic nitrogens is 1. The van der Waals surface area contributed by atoms with Gasteiger partial charge in [0.25, 0.3) is 5.56 Å². The number of cyclic esters (lactones) is 1. The number of benzene rings is 2. The van der Waals surface area contributed by atoms with Gasteiger partial charge in [0, 0.05) is 38.7 Å². The van der Waals surface area contributed by atoms with E-state index in [4.69, 9.17) is 4.74 Å². The van der Waals surface area contributed by atoms with Gasteiger partial charge in [-0.25, -0.2) is 4.79 Å². The highest BCUT2D eigenvalue weighted by Crippen LogP contribution is 2.42. The number of rotatable bonds is 7. The van der Waals surface area contributed by atoms with E-state index in [2.05, 4.69) is 6.92 Å². The van der Waals surface area contributed by atoms with Gasteiger partial charge in [0.2, 0.25) is 0 Å². The zero-order valence-electron chi connectivity index (χ0n) is 20.9. The first-order valence-electron chi connectivity index (χ1n) is 12.2. The van der Waals surface area contributed by atoms with Gasteiger partial charge in [-0.15, -0.1) is 0 Å². The quantitative estimate of drug-likeness (QED) is 0.498. The van der Waals surface area contributed by atoms with Crippen molar-refractivity contribution >= 4 is 6.09 Å². The van der Waals surface area contributed by atoms with Crippen LogP contribution in [0.3, 0.4) is 0 Å². The number of pyridine rings is 1. The van der Waals surface area contributed by atoms with Crippen LogP contribution in [0.1, 0.15) is 57.2 Å². The highest BCUT2D eigenvalue weighted by atomic mass is 16.6. The van der Waals surface area contributed by atoms with Gasteiger partial charge in [-0.2, -0.15) is 0 Å². The Morgan fingerprint density at radius 1 is 1.03 bits per heavy atom. The molecule has 0 aliphatic carbocycles. The summed E-state index contributed by atoms with van der Waals surface area (Å²) >= 11 is 0. The van der Waals surface area contributed by atoms with Crippen LogP contribution in [0.25, 0.3) is 11.1 Å². The Morgan fingerprint density at radius 2 is 1.71 bits per heavy atom. The first kappa shape index (κ1) is 24.7. The molecule has 1 aliphatic rings. The summed E-state index contributed by atoms with van der Waals surface area (Å²) < 4.78 is 7.70. The lowest BCUT2D eigenvalue weighted by Gasteiger charge is -2.46. The third-order valence-corrected chi connectivity index (χ3v) is 6.79. The Morgan fingerprint density at radius 3 is 2.29 bits per heavy atom. The monoisotopic (exact) mass is 474 g/mol. The maximum Gasteiger partial charge on any atom is 0.411 e. The second-order valence-electron chi connectivity index (χ2n) is 10.1. The van der Waals surface area contributed by atoms with Crippen molar-refractivity contribution in [2.24, 2.45) is 7.05 Å². The molecule has 6 heteroatoms. The molecule has 2 heterocycles. The molecule has 1 unspecified atom stereocenters. The molecule has 4 rings (SSSR count). The molecule has 1 amide bonds. The number of hydrogen-bond donors (Lipinski definition) is 1. The molecule has 1 fully saturated rings. The summed E-state index contributed by atoms with van der Waals surface area (Å²) in [6.45, 7) is 6.08. The fourth-order valence-corrected chi connectivity index (χ4v) is 5.08. The normalized spacial score (nSPS) is 19.3. The Hall–Kier alpha value is -3.38. The van der Waals surface area contributed by atoms with Crippen molar-refractivity contribution in [3.8, 4) is 11.1 Å². The largest absolute Gasteiger partial charge is 0.438 e. The van der Waals surface area contributed by atoms with Crippen LogP contribution < -0.4 is 5.56 Å². The van der Waals surface area contributed by atoms with Gasteiger partial charge in [-0.1, -0.05) is 61.5 Å². The maximum atomic E-state index is 13.4. The summed E-state index contributed by atoms with van der Waals surface area (Å²) in [6.07, 6.45) is 3.05. The van der Waals surface area contributed by atoms with Gasteiger partial charge < -0.3 is 19.3 Å². The van der Waals surface area contributed by atoms with Crippen LogP contribution in [0.5, 0.6) is 0 Å². The molecule has 6 nitrogen and oxygen atoms in total. The minimum absolute atomic E-state index is 0.0537. The number of carbonyl (C=O) groups is 1. The lowest BCUT2D eigenvalue weighted by Crippen LogP contribution is -2.51. The van der Waals surface area contributed by atoms with E-state index in [9.17, 15) is 14.7 Å². The lowest BCUT2D eigenvalue weighted by molar-refractivity contribution is -0.102. The Balaban J connectivity index is 1.57. The van der Waals surface area contributed by atoms with Crippen molar-refractivity contribution in [3.05, 3.63) is 94.4 Å². The van der Waals surface area contributed by atoms with Crippen LogP contribution in [0.2, 0.25) is 0 Å². The summed E-state index contributed by atoms with van der Waals surface area (Å²) in [5, 5.41) is 10.6. The second kappa shape index (κ2) is 9.70. The van der Waals surface area contributed by atoms with Crippen molar-refractivity contribution in [2.75, 3.05) is 6.54 Å². The lowest BCUT2D eigenvalue weighted by atomic mass is 9.80. The van der Waals surface area contributed by atoms with E-state index in [0.717, 1.165) is 28.7 Å². The maximum absolute atomic E-state index is 13.4. The molecular formula is C29H34N2O4. The molecule has 0 bridgehead atoms. The van der Waals surface area contributed by atoms with Crippen molar-refractivity contribution in [2.45, 2.75) is 57.3 Å². The topological polar surface area (TPSA) is 71.8 Å². The van der Waals surface area contributed by atoms with Gasteiger partial charge in [-0.05, 0) is 48.6 Å². The number of hydrogen-bond acceptors (Lipinski definition) is 4. The van der Waals surface area contributed by atoms with E-state index < -0.39 is 11.2 Å². The van der Waals surface area contributed by atoms with Gasteiger partial charge in [0.15, 0.2) is 0 Å². The van der Waals surface area contributed by atoms with Crippen LogP contribution in [0.4, 0.5) is 4.79 Å². The number of aliphatic hydroxyl groups is 1. The molecule has 2 aromatic carbocycles. The third-order valence-electron chi connectivity index (χ3n) is 6.79. The summed E-state index contributed by atoms with van der Waals surface area (Å²) in [5.74, 6) is 0. The molecule has 184 valence electrons. The summed E-state index contributed by atoms with van der Waals surface area (Å²) in [7, 11) is 1.73. The molecule has 0 spiro atoms. The van der Waals surface area contributed by atoms with E-state index >= 15 is 0 Å².